The largest absolute Gasteiger partial charge is 0.300 e. The van der Waals surface area contributed by atoms with E-state index in [1.54, 1.807) is 6.07 Å². The lowest BCUT2D eigenvalue weighted by Crippen LogP contribution is -2.05. The molecule has 0 N–H and O–H groups in total. The highest BCUT2D eigenvalue weighted by Crippen LogP contribution is 2.27. The number of carbonyl (C=O) groups is 2. The SMILES string of the molecule is CC(=O)CC(=O)c1ccc(Br)c2ccccc12. The van der Waals surface area contributed by atoms with E-state index in [0.29, 0.717) is 5.56 Å². The van der Waals surface area contributed by atoms with Crippen molar-refractivity contribution in [1.82, 2.24) is 0 Å². The fourth-order valence-corrected chi connectivity index (χ4v) is 2.30. The molecule has 0 radical (unpaired) electrons. The van der Waals surface area contributed by atoms with Crippen LogP contribution in [0.4, 0.5) is 0 Å². The Morgan fingerprint density at radius 1 is 1.06 bits per heavy atom. The Kier molecular flexibility index (Phi) is 3.38. The van der Waals surface area contributed by atoms with Crippen LogP contribution in [0, 0.1) is 0 Å². The quantitative estimate of drug-likeness (QED) is 0.637. The Morgan fingerprint density at radius 3 is 2.35 bits per heavy atom. The molecule has 0 fully saturated rings. The highest BCUT2D eigenvalue weighted by Gasteiger charge is 2.12. The molecule has 0 aromatic heterocycles. The molecule has 0 saturated heterocycles. The second kappa shape index (κ2) is 4.80. The maximum atomic E-state index is 11.9. The molecule has 0 aliphatic heterocycles. The van der Waals surface area contributed by atoms with Gasteiger partial charge in [-0.1, -0.05) is 40.2 Å². The van der Waals surface area contributed by atoms with Gasteiger partial charge in [0.1, 0.15) is 5.78 Å². The minimum absolute atomic E-state index is 0.0361. The molecular formula is C14H11BrO2. The normalized spacial score (nSPS) is 10.5. The fourth-order valence-electron chi connectivity index (χ4n) is 1.83. The van der Waals surface area contributed by atoms with Gasteiger partial charge in [-0.25, -0.2) is 0 Å². The summed E-state index contributed by atoms with van der Waals surface area (Å²) >= 11 is 3.45. The second-order valence-corrected chi connectivity index (χ2v) is 4.80. The highest BCUT2D eigenvalue weighted by molar-refractivity contribution is 9.10. The number of Topliss-reactive ketones (excluding diaryl/α,β-unsaturated/α-hetero) is 2. The molecule has 0 amide bonds. The minimum Gasteiger partial charge on any atom is -0.300 e. The maximum Gasteiger partial charge on any atom is 0.170 e. The van der Waals surface area contributed by atoms with Gasteiger partial charge in [0, 0.05) is 10.0 Å². The van der Waals surface area contributed by atoms with Gasteiger partial charge in [0.2, 0.25) is 0 Å². The van der Waals surface area contributed by atoms with Crippen LogP contribution < -0.4 is 0 Å². The molecule has 0 spiro atoms. The molecule has 0 unspecified atom stereocenters. The molecular weight excluding hydrogens is 280 g/mol. The molecule has 0 bridgehead atoms. The lowest BCUT2D eigenvalue weighted by molar-refractivity contribution is -0.116. The smallest absolute Gasteiger partial charge is 0.170 e. The van der Waals surface area contributed by atoms with Gasteiger partial charge in [-0.2, -0.15) is 0 Å². The lowest BCUT2D eigenvalue weighted by Gasteiger charge is -2.06. The molecule has 17 heavy (non-hydrogen) atoms. The molecule has 0 heterocycles. The van der Waals surface area contributed by atoms with Crippen LogP contribution in [0.3, 0.4) is 0 Å². The molecule has 86 valence electrons. The Hall–Kier alpha value is -1.48. The summed E-state index contributed by atoms with van der Waals surface area (Å²) in [5.74, 6) is -0.233. The summed E-state index contributed by atoms with van der Waals surface area (Å²) in [6.45, 7) is 1.43. The predicted molar refractivity (Wildman–Crippen MR) is 71.3 cm³/mol. The summed E-state index contributed by atoms with van der Waals surface area (Å²) in [7, 11) is 0. The summed E-state index contributed by atoms with van der Waals surface area (Å²) < 4.78 is 0.951. The third-order valence-corrected chi connectivity index (χ3v) is 3.27. The summed E-state index contributed by atoms with van der Waals surface area (Å²) in [4.78, 5) is 22.9. The van der Waals surface area contributed by atoms with Crippen LogP contribution in [0.1, 0.15) is 23.7 Å². The van der Waals surface area contributed by atoms with E-state index in [-0.39, 0.29) is 18.0 Å². The first-order chi connectivity index (χ1) is 8.09. The summed E-state index contributed by atoms with van der Waals surface area (Å²) in [5.41, 5.74) is 0.610. The van der Waals surface area contributed by atoms with E-state index in [9.17, 15) is 9.59 Å². The Labute approximate surface area is 108 Å². The highest BCUT2D eigenvalue weighted by atomic mass is 79.9. The number of fused-ring (bicyclic) bond motifs is 1. The van der Waals surface area contributed by atoms with E-state index in [4.69, 9.17) is 0 Å². The van der Waals surface area contributed by atoms with Crippen molar-refractivity contribution in [3.63, 3.8) is 0 Å². The van der Waals surface area contributed by atoms with E-state index >= 15 is 0 Å². The van der Waals surface area contributed by atoms with Gasteiger partial charge in [0.15, 0.2) is 5.78 Å². The van der Waals surface area contributed by atoms with Crippen LogP contribution in [0.25, 0.3) is 10.8 Å². The molecule has 0 aliphatic rings. The van der Waals surface area contributed by atoms with Crippen molar-refractivity contribution in [1.29, 1.82) is 0 Å². The van der Waals surface area contributed by atoms with Crippen molar-refractivity contribution in [3.8, 4) is 0 Å². The number of benzene rings is 2. The van der Waals surface area contributed by atoms with Crippen LogP contribution in [0.15, 0.2) is 40.9 Å². The standard InChI is InChI=1S/C14H11BrO2/c1-9(16)8-14(17)12-6-7-13(15)11-5-3-2-4-10(11)12/h2-7H,8H2,1H3. The Morgan fingerprint density at radius 2 is 1.71 bits per heavy atom. The van der Waals surface area contributed by atoms with Crippen LogP contribution in [-0.4, -0.2) is 11.6 Å². The third-order valence-electron chi connectivity index (χ3n) is 2.58. The van der Waals surface area contributed by atoms with Crippen molar-refractivity contribution >= 4 is 38.3 Å². The van der Waals surface area contributed by atoms with Crippen molar-refractivity contribution < 1.29 is 9.59 Å². The first-order valence-electron chi connectivity index (χ1n) is 5.29. The van der Waals surface area contributed by atoms with Gasteiger partial charge in [-0.3, -0.25) is 9.59 Å². The second-order valence-electron chi connectivity index (χ2n) is 3.94. The fraction of sp³-hybridized carbons (Fsp3) is 0.143. The van der Waals surface area contributed by atoms with Crippen LogP contribution >= 0.6 is 15.9 Å². The first-order valence-corrected chi connectivity index (χ1v) is 6.09. The zero-order chi connectivity index (χ0) is 12.4. The monoisotopic (exact) mass is 290 g/mol. The molecule has 2 aromatic carbocycles. The Bertz CT molecular complexity index is 602. The van der Waals surface area contributed by atoms with Crippen molar-refractivity contribution in [2.75, 3.05) is 0 Å². The minimum atomic E-state index is -0.124. The van der Waals surface area contributed by atoms with Gasteiger partial charge < -0.3 is 0 Å². The third kappa shape index (κ3) is 2.44. The van der Waals surface area contributed by atoms with Crippen LogP contribution in [0.5, 0.6) is 0 Å². The van der Waals surface area contributed by atoms with E-state index < -0.39 is 0 Å². The summed E-state index contributed by atoms with van der Waals surface area (Å²) in [6, 6.07) is 11.3. The average molecular weight is 291 g/mol. The van der Waals surface area contributed by atoms with Crippen LogP contribution in [0.2, 0.25) is 0 Å². The van der Waals surface area contributed by atoms with Crippen LogP contribution in [-0.2, 0) is 4.79 Å². The van der Waals surface area contributed by atoms with Gasteiger partial charge in [0.25, 0.3) is 0 Å². The van der Waals surface area contributed by atoms with E-state index in [2.05, 4.69) is 15.9 Å². The topological polar surface area (TPSA) is 34.1 Å². The number of halogens is 1. The number of ketones is 2. The molecule has 2 rings (SSSR count). The zero-order valence-electron chi connectivity index (χ0n) is 9.37. The van der Waals surface area contributed by atoms with Gasteiger partial charge in [-0.15, -0.1) is 0 Å². The molecule has 2 aromatic rings. The predicted octanol–water partition coefficient (Wildman–Crippen LogP) is 3.76. The maximum absolute atomic E-state index is 11.9. The molecule has 0 aliphatic carbocycles. The van der Waals surface area contributed by atoms with Crippen molar-refractivity contribution in [2.24, 2.45) is 0 Å². The van der Waals surface area contributed by atoms with Crippen molar-refractivity contribution in [3.05, 3.63) is 46.4 Å². The molecule has 3 heteroatoms. The van der Waals surface area contributed by atoms with Gasteiger partial charge in [-0.05, 0) is 29.8 Å². The van der Waals surface area contributed by atoms with Gasteiger partial charge >= 0.3 is 0 Å². The molecule has 2 nitrogen and oxygen atoms in total. The van der Waals surface area contributed by atoms with Gasteiger partial charge in [0.05, 0.1) is 6.42 Å². The first kappa shape index (κ1) is 12.0. The Balaban J connectivity index is 2.59. The number of hydrogen-bond acceptors (Lipinski definition) is 2. The van der Waals surface area contributed by atoms with Crippen molar-refractivity contribution in [2.45, 2.75) is 13.3 Å². The number of hydrogen-bond donors (Lipinski definition) is 0. The molecule has 0 atom stereocenters. The average Bonchev–Trinajstić information content (AvgIpc) is 2.29. The summed E-state index contributed by atoms with van der Waals surface area (Å²) in [6.07, 6.45) is -0.0361. The van der Waals surface area contributed by atoms with E-state index in [1.165, 1.54) is 6.92 Å². The summed E-state index contributed by atoms with van der Waals surface area (Å²) in [5, 5.41) is 1.87. The molecule has 0 saturated carbocycles. The van der Waals surface area contributed by atoms with E-state index in [1.807, 2.05) is 30.3 Å². The zero-order valence-corrected chi connectivity index (χ0v) is 11.0. The van der Waals surface area contributed by atoms with E-state index in [0.717, 1.165) is 15.2 Å². The lowest BCUT2D eigenvalue weighted by atomic mass is 9.99. The number of carbonyl (C=O) groups excluding carboxylic acids is 2. The number of rotatable bonds is 3.